The molecule has 1 radical (unpaired) electrons. The standard InChI is InChI=1S/C9H13N2/c1-7(2)11-9-5-3-8(10)4-6-9/h3-7,11H,1,10H2,2H3. The molecule has 0 spiro atoms. The molecule has 1 atom stereocenters. The van der Waals surface area contributed by atoms with E-state index >= 15 is 0 Å². The molecule has 0 heterocycles. The third-order valence-electron chi connectivity index (χ3n) is 1.32. The molecule has 0 aliphatic rings. The summed E-state index contributed by atoms with van der Waals surface area (Å²) >= 11 is 0. The smallest absolute Gasteiger partial charge is 0.0343 e. The summed E-state index contributed by atoms with van der Waals surface area (Å²) in [5.41, 5.74) is 7.36. The van der Waals surface area contributed by atoms with Crippen LogP contribution in [0.15, 0.2) is 24.3 Å². The van der Waals surface area contributed by atoms with Crippen LogP contribution in [0.2, 0.25) is 0 Å². The lowest BCUT2D eigenvalue weighted by molar-refractivity contribution is 0.995. The molecule has 2 heteroatoms. The molecule has 1 unspecified atom stereocenters. The number of benzene rings is 1. The van der Waals surface area contributed by atoms with Crippen molar-refractivity contribution in [3.05, 3.63) is 31.2 Å². The molecule has 1 aromatic rings. The Morgan fingerprint density at radius 2 is 1.91 bits per heavy atom. The maximum Gasteiger partial charge on any atom is 0.0343 e. The van der Waals surface area contributed by atoms with E-state index in [2.05, 4.69) is 12.2 Å². The molecule has 0 saturated heterocycles. The van der Waals surface area contributed by atoms with E-state index in [1.807, 2.05) is 31.2 Å². The van der Waals surface area contributed by atoms with Crippen molar-refractivity contribution in [2.45, 2.75) is 13.0 Å². The van der Waals surface area contributed by atoms with Crippen LogP contribution in [0.1, 0.15) is 6.92 Å². The van der Waals surface area contributed by atoms with Crippen LogP contribution in [-0.2, 0) is 0 Å². The lowest BCUT2D eigenvalue weighted by Gasteiger charge is -2.08. The van der Waals surface area contributed by atoms with Crippen molar-refractivity contribution in [3.8, 4) is 0 Å². The highest BCUT2D eigenvalue weighted by molar-refractivity contribution is 5.51. The van der Waals surface area contributed by atoms with Crippen molar-refractivity contribution in [2.24, 2.45) is 0 Å². The number of hydrogen-bond donors (Lipinski definition) is 2. The van der Waals surface area contributed by atoms with Crippen LogP contribution >= 0.6 is 0 Å². The predicted molar refractivity (Wildman–Crippen MR) is 49.3 cm³/mol. The van der Waals surface area contributed by atoms with E-state index in [-0.39, 0.29) is 6.04 Å². The number of nitrogens with one attached hydrogen (secondary N) is 1. The molecule has 0 fully saturated rings. The van der Waals surface area contributed by atoms with Gasteiger partial charge < -0.3 is 11.1 Å². The maximum absolute atomic E-state index is 5.51. The first-order chi connectivity index (χ1) is 5.18. The van der Waals surface area contributed by atoms with Gasteiger partial charge in [0.05, 0.1) is 0 Å². The van der Waals surface area contributed by atoms with E-state index in [0.717, 1.165) is 11.4 Å². The first kappa shape index (κ1) is 7.92. The fourth-order valence-corrected chi connectivity index (χ4v) is 0.864. The molecule has 59 valence electrons. The van der Waals surface area contributed by atoms with Crippen molar-refractivity contribution in [1.82, 2.24) is 0 Å². The van der Waals surface area contributed by atoms with Gasteiger partial charge in [-0.2, -0.15) is 0 Å². The summed E-state index contributed by atoms with van der Waals surface area (Å²) in [6.07, 6.45) is 0. The quantitative estimate of drug-likeness (QED) is 0.630. The van der Waals surface area contributed by atoms with Gasteiger partial charge in [0, 0.05) is 17.4 Å². The minimum Gasteiger partial charge on any atom is -0.399 e. The third-order valence-corrected chi connectivity index (χ3v) is 1.32. The van der Waals surface area contributed by atoms with Gasteiger partial charge in [-0.25, -0.2) is 0 Å². The largest absolute Gasteiger partial charge is 0.399 e. The second-order valence-electron chi connectivity index (χ2n) is 2.67. The summed E-state index contributed by atoms with van der Waals surface area (Å²) in [5, 5.41) is 3.17. The minimum absolute atomic E-state index is 0.221. The van der Waals surface area contributed by atoms with Crippen LogP contribution < -0.4 is 11.1 Å². The van der Waals surface area contributed by atoms with Crippen molar-refractivity contribution in [1.29, 1.82) is 0 Å². The second-order valence-corrected chi connectivity index (χ2v) is 2.67. The molecule has 0 aromatic heterocycles. The molecule has 1 aromatic carbocycles. The third kappa shape index (κ3) is 2.50. The summed E-state index contributed by atoms with van der Waals surface area (Å²) in [6.45, 7) is 5.81. The van der Waals surface area contributed by atoms with Gasteiger partial charge in [-0.3, -0.25) is 0 Å². The molecule has 2 nitrogen and oxygen atoms in total. The van der Waals surface area contributed by atoms with Crippen LogP contribution in [-0.4, -0.2) is 6.04 Å². The van der Waals surface area contributed by atoms with Gasteiger partial charge in [0.1, 0.15) is 0 Å². The van der Waals surface area contributed by atoms with Crippen LogP contribution in [0, 0.1) is 6.92 Å². The molecule has 1 rings (SSSR count). The number of nitrogen functional groups attached to an aromatic ring is 1. The monoisotopic (exact) mass is 149 g/mol. The van der Waals surface area contributed by atoms with Gasteiger partial charge in [0.25, 0.3) is 0 Å². The number of anilines is 2. The molecular formula is C9H13N2. The summed E-state index contributed by atoms with van der Waals surface area (Å²) in [5.74, 6) is 0. The van der Waals surface area contributed by atoms with Crippen molar-refractivity contribution in [3.63, 3.8) is 0 Å². The highest BCUT2D eigenvalue weighted by Crippen LogP contribution is 2.10. The SMILES string of the molecule is [CH2]C(C)Nc1ccc(N)cc1. The van der Waals surface area contributed by atoms with Gasteiger partial charge in [0.2, 0.25) is 0 Å². The van der Waals surface area contributed by atoms with Gasteiger partial charge in [-0.05, 0) is 38.1 Å². The Balaban J connectivity index is 2.66. The topological polar surface area (TPSA) is 38.0 Å². The van der Waals surface area contributed by atoms with E-state index in [4.69, 9.17) is 5.73 Å². The Bertz CT molecular complexity index is 214. The van der Waals surface area contributed by atoms with Crippen LogP contribution in [0.25, 0.3) is 0 Å². The summed E-state index contributed by atoms with van der Waals surface area (Å²) in [7, 11) is 0. The van der Waals surface area contributed by atoms with E-state index in [1.54, 1.807) is 0 Å². The number of hydrogen-bond acceptors (Lipinski definition) is 2. The summed E-state index contributed by atoms with van der Waals surface area (Å²) < 4.78 is 0. The van der Waals surface area contributed by atoms with Crippen molar-refractivity contribution in [2.75, 3.05) is 11.1 Å². The van der Waals surface area contributed by atoms with Gasteiger partial charge in [-0.1, -0.05) is 0 Å². The van der Waals surface area contributed by atoms with Gasteiger partial charge >= 0.3 is 0 Å². The second kappa shape index (κ2) is 3.28. The first-order valence-electron chi connectivity index (χ1n) is 3.63. The molecule has 0 saturated carbocycles. The zero-order chi connectivity index (χ0) is 8.27. The highest BCUT2D eigenvalue weighted by atomic mass is 14.9. The maximum atomic E-state index is 5.51. The molecule has 3 N–H and O–H groups in total. The average Bonchev–Trinajstić information content (AvgIpc) is 1.93. The van der Waals surface area contributed by atoms with Crippen LogP contribution in [0.5, 0.6) is 0 Å². The Morgan fingerprint density at radius 3 is 2.36 bits per heavy atom. The molecule has 0 aliphatic heterocycles. The normalized spacial score (nSPS) is 10.1. The van der Waals surface area contributed by atoms with E-state index in [9.17, 15) is 0 Å². The predicted octanol–water partition coefficient (Wildman–Crippen LogP) is 1.90. The Kier molecular flexibility index (Phi) is 2.36. The van der Waals surface area contributed by atoms with Crippen LogP contribution in [0.4, 0.5) is 11.4 Å². The number of nitrogens with two attached hydrogens (primary N) is 1. The fraction of sp³-hybridized carbons (Fsp3) is 0.222. The van der Waals surface area contributed by atoms with Gasteiger partial charge in [0.15, 0.2) is 0 Å². The average molecular weight is 149 g/mol. The van der Waals surface area contributed by atoms with E-state index < -0.39 is 0 Å². The molecule has 0 aliphatic carbocycles. The van der Waals surface area contributed by atoms with Crippen molar-refractivity contribution < 1.29 is 0 Å². The zero-order valence-electron chi connectivity index (χ0n) is 6.67. The van der Waals surface area contributed by atoms with Gasteiger partial charge in [-0.15, -0.1) is 0 Å². The Hall–Kier alpha value is -1.18. The molecular weight excluding hydrogens is 136 g/mol. The lowest BCUT2D eigenvalue weighted by atomic mass is 10.2. The summed E-state index contributed by atoms with van der Waals surface area (Å²) in [6, 6.07) is 7.84. The molecule has 0 amide bonds. The Labute approximate surface area is 67.4 Å². The Morgan fingerprint density at radius 1 is 1.36 bits per heavy atom. The summed E-state index contributed by atoms with van der Waals surface area (Å²) in [4.78, 5) is 0. The number of rotatable bonds is 2. The fourth-order valence-electron chi connectivity index (χ4n) is 0.864. The van der Waals surface area contributed by atoms with Crippen molar-refractivity contribution >= 4 is 11.4 Å². The minimum atomic E-state index is 0.221. The first-order valence-corrected chi connectivity index (χ1v) is 3.63. The van der Waals surface area contributed by atoms with E-state index in [0.29, 0.717) is 0 Å². The van der Waals surface area contributed by atoms with Crippen LogP contribution in [0.3, 0.4) is 0 Å². The molecule has 11 heavy (non-hydrogen) atoms. The molecule has 0 bridgehead atoms. The lowest BCUT2D eigenvalue weighted by Crippen LogP contribution is -2.09. The zero-order valence-corrected chi connectivity index (χ0v) is 6.67. The van der Waals surface area contributed by atoms with E-state index in [1.165, 1.54) is 0 Å². The highest BCUT2D eigenvalue weighted by Gasteiger charge is 1.92.